The molecule has 0 aliphatic carbocycles. The van der Waals surface area contributed by atoms with Crippen LogP contribution in [0.3, 0.4) is 0 Å². The summed E-state index contributed by atoms with van der Waals surface area (Å²) < 4.78 is 33.0. The second kappa shape index (κ2) is 12.1. The maximum Gasteiger partial charge on any atom is 0.254 e. The van der Waals surface area contributed by atoms with Crippen LogP contribution in [0.4, 0.5) is 0 Å². The zero-order valence-electron chi connectivity index (χ0n) is 22.1. The number of carbonyl (C=O) groups is 2. The lowest BCUT2D eigenvalue weighted by atomic mass is 10.1. The second-order valence-corrected chi connectivity index (χ2v) is 9.29. The average Bonchev–Trinajstić information content (AvgIpc) is 3.69. The Balaban J connectivity index is 1.35. The summed E-state index contributed by atoms with van der Waals surface area (Å²) in [5.74, 6) is 3.36. The Morgan fingerprint density at radius 1 is 0.846 bits per heavy atom. The molecule has 2 aliphatic heterocycles. The van der Waals surface area contributed by atoms with Crippen LogP contribution in [0.25, 0.3) is 0 Å². The number of fused-ring (bicyclic) bond motifs is 2. The van der Waals surface area contributed by atoms with Crippen molar-refractivity contribution in [1.82, 2.24) is 9.80 Å². The van der Waals surface area contributed by atoms with E-state index in [1.807, 2.05) is 44.2 Å². The minimum atomic E-state index is -0.268. The van der Waals surface area contributed by atoms with E-state index in [0.717, 1.165) is 11.3 Å². The number of amides is 2. The van der Waals surface area contributed by atoms with Crippen LogP contribution in [0.2, 0.25) is 0 Å². The van der Waals surface area contributed by atoms with Gasteiger partial charge in [0.25, 0.3) is 5.91 Å². The third kappa shape index (κ3) is 6.46. The fraction of sp³-hybridized carbons (Fsp3) is 0.379. The van der Waals surface area contributed by atoms with E-state index < -0.39 is 0 Å². The van der Waals surface area contributed by atoms with Gasteiger partial charge in [0.1, 0.15) is 18.1 Å². The van der Waals surface area contributed by atoms with Gasteiger partial charge in [0.15, 0.2) is 23.0 Å². The van der Waals surface area contributed by atoms with Crippen LogP contribution >= 0.6 is 0 Å². The molecule has 2 amide bonds. The first-order valence-electron chi connectivity index (χ1n) is 13.0. The largest absolute Gasteiger partial charge is 0.464 e. The van der Waals surface area contributed by atoms with E-state index in [1.54, 1.807) is 28.0 Å². The van der Waals surface area contributed by atoms with Crippen molar-refractivity contribution < 1.29 is 37.7 Å². The number of hydrogen-bond donors (Lipinski definition) is 0. The number of ether oxygens (including phenoxy) is 5. The van der Waals surface area contributed by atoms with Gasteiger partial charge in [-0.3, -0.25) is 9.59 Å². The normalized spacial score (nSPS) is 13.0. The highest BCUT2D eigenvalue weighted by Crippen LogP contribution is 2.34. The van der Waals surface area contributed by atoms with Crippen LogP contribution < -0.4 is 18.9 Å². The molecule has 0 saturated heterocycles. The molecule has 2 aromatic carbocycles. The van der Waals surface area contributed by atoms with Gasteiger partial charge in [0.05, 0.1) is 6.54 Å². The summed E-state index contributed by atoms with van der Waals surface area (Å²) in [5.41, 5.74) is 1.30. The van der Waals surface area contributed by atoms with Crippen LogP contribution in [0, 0.1) is 6.92 Å². The van der Waals surface area contributed by atoms with Gasteiger partial charge in [-0.15, -0.1) is 0 Å². The summed E-state index contributed by atoms with van der Waals surface area (Å²) in [6, 6.07) is 14.4. The second-order valence-electron chi connectivity index (χ2n) is 9.29. The number of benzene rings is 2. The maximum atomic E-state index is 13.8. The van der Waals surface area contributed by atoms with Crippen molar-refractivity contribution in [1.29, 1.82) is 0 Å². The van der Waals surface area contributed by atoms with E-state index in [0.29, 0.717) is 67.0 Å². The summed E-state index contributed by atoms with van der Waals surface area (Å²) in [7, 11) is 0. The van der Waals surface area contributed by atoms with Gasteiger partial charge >= 0.3 is 0 Å². The molecule has 0 atom stereocenters. The van der Waals surface area contributed by atoms with Gasteiger partial charge in [-0.1, -0.05) is 6.07 Å². The van der Waals surface area contributed by atoms with Crippen molar-refractivity contribution in [3.05, 3.63) is 71.2 Å². The predicted molar refractivity (Wildman–Crippen MR) is 140 cm³/mol. The van der Waals surface area contributed by atoms with Crippen molar-refractivity contribution >= 4 is 11.8 Å². The predicted octanol–water partition coefficient (Wildman–Crippen LogP) is 4.14. The van der Waals surface area contributed by atoms with Gasteiger partial charge in [-0.25, -0.2) is 0 Å². The van der Waals surface area contributed by atoms with Crippen LogP contribution in [0.5, 0.6) is 23.0 Å². The average molecular weight is 537 g/mol. The lowest BCUT2D eigenvalue weighted by molar-refractivity contribution is -0.133. The van der Waals surface area contributed by atoms with E-state index in [9.17, 15) is 9.59 Å². The summed E-state index contributed by atoms with van der Waals surface area (Å²) in [4.78, 5) is 30.6. The monoisotopic (exact) mass is 536 g/mol. The number of aryl methyl sites for hydroxylation is 1. The SMILES string of the molecule is CCOCCCN(CC(=O)N(Cc1ccc2c(c1)OCO2)Cc1ccc(C)o1)C(=O)c1ccc2c(c1)OCO2. The first-order chi connectivity index (χ1) is 19.0. The molecule has 0 radical (unpaired) electrons. The zero-order chi connectivity index (χ0) is 27.2. The number of hydrogen-bond acceptors (Lipinski definition) is 8. The third-order valence-electron chi connectivity index (χ3n) is 6.46. The minimum absolute atomic E-state index is 0.107. The van der Waals surface area contributed by atoms with Crippen molar-refractivity contribution in [2.24, 2.45) is 0 Å². The topological polar surface area (TPSA) is 99.9 Å². The Morgan fingerprint density at radius 3 is 2.28 bits per heavy atom. The Labute approximate surface area is 226 Å². The molecule has 0 bridgehead atoms. The Morgan fingerprint density at radius 2 is 1.56 bits per heavy atom. The van der Waals surface area contributed by atoms with Gasteiger partial charge in [0.2, 0.25) is 19.5 Å². The fourth-order valence-corrected chi connectivity index (χ4v) is 4.48. The van der Waals surface area contributed by atoms with Crippen molar-refractivity contribution in [2.75, 3.05) is 39.9 Å². The van der Waals surface area contributed by atoms with E-state index in [2.05, 4.69) is 0 Å². The maximum absolute atomic E-state index is 13.8. The summed E-state index contributed by atoms with van der Waals surface area (Å²) >= 11 is 0. The van der Waals surface area contributed by atoms with Crippen LogP contribution in [0.1, 0.15) is 40.8 Å². The van der Waals surface area contributed by atoms with E-state index in [4.69, 9.17) is 28.1 Å². The molecule has 206 valence electrons. The first-order valence-corrected chi connectivity index (χ1v) is 13.0. The first kappa shape index (κ1) is 26.4. The van der Waals surface area contributed by atoms with Gasteiger partial charge in [-0.2, -0.15) is 0 Å². The number of rotatable bonds is 12. The summed E-state index contributed by atoms with van der Waals surface area (Å²) in [6.07, 6.45) is 0.594. The molecular weight excluding hydrogens is 504 g/mol. The van der Waals surface area contributed by atoms with Gasteiger partial charge < -0.3 is 37.9 Å². The minimum Gasteiger partial charge on any atom is -0.464 e. The molecule has 10 heteroatoms. The Bertz CT molecular complexity index is 1320. The lowest BCUT2D eigenvalue weighted by Crippen LogP contribution is -2.43. The molecule has 0 N–H and O–H groups in total. The molecule has 0 fully saturated rings. The van der Waals surface area contributed by atoms with Crippen LogP contribution in [-0.2, 0) is 22.6 Å². The smallest absolute Gasteiger partial charge is 0.254 e. The fourth-order valence-electron chi connectivity index (χ4n) is 4.48. The van der Waals surface area contributed by atoms with Crippen molar-refractivity contribution in [2.45, 2.75) is 33.4 Å². The van der Waals surface area contributed by atoms with Crippen molar-refractivity contribution in [3.63, 3.8) is 0 Å². The van der Waals surface area contributed by atoms with E-state index in [-0.39, 0.29) is 38.5 Å². The standard InChI is InChI=1S/C29H32N2O8/c1-3-34-12-4-11-30(29(33)22-7-10-25-27(14-22)38-19-36-25)17-28(32)31(16-23-8-5-20(2)39-23)15-21-6-9-24-26(13-21)37-18-35-24/h5-10,13-14H,3-4,11-12,15-19H2,1-2H3. The molecule has 3 aromatic rings. The number of nitrogens with zero attached hydrogens (tertiary/aromatic N) is 2. The third-order valence-corrected chi connectivity index (χ3v) is 6.46. The van der Waals surface area contributed by atoms with Gasteiger partial charge in [0, 0.05) is 31.9 Å². The lowest BCUT2D eigenvalue weighted by Gasteiger charge is -2.27. The highest BCUT2D eigenvalue weighted by molar-refractivity contribution is 5.97. The molecule has 10 nitrogen and oxygen atoms in total. The highest BCUT2D eigenvalue weighted by atomic mass is 16.7. The van der Waals surface area contributed by atoms with Gasteiger partial charge in [-0.05, 0) is 68.3 Å². The molecule has 0 unspecified atom stereocenters. The molecule has 3 heterocycles. The molecule has 2 aliphatic rings. The van der Waals surface area contributed by atoms with E-state index >= 15 is 0 Å². The Kier molecular flexibility index (Phi) is 8.21. The number of furan rings is 1. The molecular formula is C29H32N2O8. The molecule has 0 saturated carbocycles. The molecule has 39 heavy (non-hydrogen) atoms. The number of carbonyl (C=O) groups excluding carboxylic acids is 2. The highest BCUT2D eigenvalue weighted by Gasteiger charge is 2.26. The molecule has 0 spiro atoms. The summed E-state index contributed by atoms with van der Waals surface area (Å²) in [6.45, 7) is 5.95. The zero-order valence-corrected chi connectivity index (χ0v) is 22.1. The quantitative estimate of drug-likeness (QED) is 0.319. The van der Waals surface area contributed by atoms with Crippen molar-refractivity contribution in [3.8, 4) is 23.0 Å². The molecule has 1 aromatic heterocycles. The van der Waals surface area contributed by atoms with Crippen LogP contribution in [0.15, 0.2) is 52.9 Å². The Hall–Kier alpha value is -4.18. The van der Waals surface area contributed by atoms with Crippen LogP contribution in [-0.4, -0.2) is 61.5 Å². The van der Waals surface area contributed by atoms with E-state index in [1.165, 1.54) is 0 Å². The molecule has 5 rings (SSSR count). The summed E-state index contributed by atoms with van der Waals surface area (Å²) in [5, 5.41) is 0.